The van der Waals surface area contributed by atoms with Crippen LogP contribution >= 0.6 is 0 Å². The number of esters is 2. The molecule has 0 aliphatic carbocycles. The number of carbonyl (C=O) groups is 2. The minimum absolute atomic E-state index is 0.0814. The SMILES string of the molecule is CC(Oc1ccc(-c2nc(-c3ccc(-c4ccccc4)cc3)nc(-c3ccc(-c4ccccc4)cc3)n2)c(O)c1)C(=O)OCC(CO)(CO)CO.CCCCCCCCOC(=O)C(C)Oc1ccc(-c2nc(-c3ccc(-c4ccccc4)cc3)nc(-c3ccc(-c4ccccc4)cc3)n2)c(O)c1.CCC[CH2][Sn](=[O])[CH2]CCC.OCC(CO)(CO)CO. The van der Waals surface area contributed by atoms with E-state index in [0.717, 1.165) is 94.9 Å². The zero-order chi connectivity index (χ0) is 86.4. The minimum atomic E-state index is -1.99. The number of ether oxygens (including phenoxy) is 4. The van der Waals surface area contributed by atoms with Gasteiger partial charge in [0.2, 0.25) is 0 Å². The number of aromatic hydroxyl groups is 2. The summed E-state index contributed by atoms with van der Waals surface area (Å²) < 4.78 is 35.6. The van der Waals surface area contributed by atoms with Gasteiger partial charge >= 0.3 is 83.2 Å². The summed E-state index contributed by atoms with van der Waals surface area (Å²) in [5, 5.41) is 84.9. The summed E-state index contributed by atoms with van der Waals surface area (Å²) in [6, 6.07) is 81.8. The van der Waals surface area contributed by atoms with Crippen molar-refractivity contribution in [2.45, 2.75) is 120 Å². The Morgan fingerprint density at radius 3 is 0.868 bits per heavy atom. The molecule has 2 atom stereocenters. The smallest absolute Gasteiger partial charge is 0.0627 e. The number of aliphatic hydroxyl groups is 7. The molecule has 12 rings (SSSR count). The van der Waals surface area contributed by atoms with E-state index in [1.54, 1.807) is 31.2 Å². The van der Waals surface area contributed by atoms with Crippen molar-refractivity contribution in [2.75, 3.05) is 59.5 Å². The van der Waals surface area contributed by atoms with Gasteiger partial charge in [-0.15, -0.1) is 0 Å². The second-order valence-corrected chi connectivity index (χ2v) is 35.6. The van der Waals surface area contributed by atoms with Gasteiger partial charge in [-0.3, -0.25) is 0 Å². The largest absolute Gasteiger partial charge is 0.396 e. The molecule has 0 aliphatic rings. The monoisotopic (exact) mass is 1750 g/mol. The molecule has 2 unspecified atom stereocenters. The van der Waals surface area contributed by atoms with Crippen molar-refractivity contribution in [1.82, 2.24) is 29.9 Å². The predicted octanol–water partition coefficient (Wildman–Crippen LogP) is 17.7. The predicted molar refractivity (Wildman–Crippen MR) is 473 cm³/mol. The summed E-state index contributed by atoms with van der Waals surface area (Å²) in [7, 11) is 0. The summed E-state index contributed by atoms with van der Waals surface area (Å²) >= 11 is -1.99. The fourth-order valence-electron chi connectivity index (χ4n) is 12.3. The first-order chi connectivity index (χ1) is 58.8. The Hall–Kier alpha value is -11.3. The van der Waals surface area contributed by atoms with Gasteiger partial charge in [0.15, 0.2) is 47.2 Å². The van der Waals surface area contributed by atoms with Crippen LogP contribution in [0, 0.1) is 10.8 Å². The van der Waals surface area contributed by atoms with Gasteiger partial charge in [-0.1, -0.05) is 257 Å². The van der Waals surface area contributed by atoms with E-state index in [1.165, 1.54) is 64.0 Å². The normalized spacial score (nSPS) is 11.6. The van der Waals surface area contributed by atoms with Gasteiger partial charge < -0.3 is 64.9 Å². The molecule has 0 radical (unpaired) electrons. The maximum Gasteiger partial charge on any atom is 0.0627 e. The molecule has 0 aliphatic heterocycles. The number of hydrogen-bond acceptors (Lipinski definition) is 22. The van der Waals surface area contributed by atoms with Crippen molar-refractivity contribution < 1.29 is 77.6 Å². The molecule has 10 aromatic carbocycles. The topological polar surface area (TPSA) is 348 Å². The number of unbranched alkanes of at least 4 members (excludes halogenated alkanes) is 7. The number of carbonyl (C=O) groups excluding carboxylic acids is 2. The number of benzene rings is 10. The molecule has 0 bridgehead atoms. The third kappa shape index (κ3) is 27.9. The van der Waals surface area contributed by atoms with Crippen molar-refractivity contribution in [2.24, 2.45) is 10.8 Å². The summed E-state index contributed by atoms with van der Waals surface area (Å²) in [6.45, 7) is 6.25. The van der Waals surface area contributed by atoms with E-state index in [9.17, 15) is 38.2 Å². The number of hydrogen-bond donors (Lipinski definition) is 9. The minimum Gasteiger partial charge on any atom is -0.396 e. The maximum absolute atomic E-state index is 12.6. The first kappa shape index (κ1) is 93.5. The van der Waals surface area contributed by atoms with Crippen LogP contribution in [0.1, 0.15) is 98.8 Å². The third-order valence-corrected chi connectivity index (χ3v) is 25.4. The number of phenolic OH excluding ortho intramolecular Hbond substituents is 2. The Morgan fingerprint density at radius 1 is 0.322 bits per heavy atom. The third-order valence-electron chi connectivity index (χ3n) is 20.2. The van der Waals surface area contributed by atoms with Gasteiger partial charge in [0.1, 0.15) is 29.6 Å². The van der Waals surface area contributed by atoms with Crippen LogP contribution in [0.5, 0.6) is 23.0 Å². The van der Waals surface area contributed by atoms with Crippen molar-refractivity contribution in [3.8, 4) is 136 Å². The van der Waals surface area contributed by atoms with Gasteiger partial charge in [-0.25, -0.2) is 39.5 Å². The van der Waals surface area contributed by atoms with E-state index in [4.69, 9.17) is 69.3 Å². The quantitative estimate of drug-likeness (QED) is 0.00986. The first-order valence-electron chi connectivity index (χ1n) is 41.1. The van der Waals surface area contributed by atoms with Crippen LogP contribution in [0.15, 0.2) is 255 Å². The molecule has 2 aromatic heterocycles. The Morgan fingerprint density at radius 2 is 0.587 bits per heavy atom. The van der Waals surface area contributed by atoms with Crippen molar-refractivity contribution >= 4 is 31.7 Å². The van der Waals surface area contributed by atoms with E-state index >= 15 is 0 Å². The van der Waals surface area contributed by atoms with Crippen LogP contribution in [-0.4, -0.2) is 179 Å². The summed E-state index contributed by atoms with van der Waals surface area (Å²) in [4.78, 5) is 54.0. The Balaban J connectivity index is 0.000000226. The summed E-state index contributed by atoms with van der Waals surface area (Å²) in [5.74, 6) is 1.37. The van der Waals surface area contributed by atoms with Crippen LogP contribution in [0.4, 0.5) is 0 Å². The second kappa shape index (κ2) is 48.8. The van der Waals surface area contributed by atoms with E-state index in [0.29, 0.717) is 52.6 Å². The molecule has 0 saturated carbocycles. The number of aliphatic hydroxyl groups excluding tert-OH is 7. The van der Waals surface area contributed by atoms with Gasteiger partial charge in [0.25, 0.3) is 0 Å². The van der Waals surface area contributed by atoms with Crippen LogP contribution in [0.3, 0.4) is 0 Å². The molecule has 23 heteroatoms. The Bertz CT molecular complexity index is 4890. The molecule has 0 amide bonds. The standard InChI is InChI=1S/C44H43N3O4.C41H37N3O7.C5H12O4.2C4H9.O.Sn/c1-3-4-5-6-7-14-29-50-44(49)31(2)51-38-27-28-39(40(48)30-38)43-46-41(36-23-19-34(20-24-36)32-15-10-8-11-16-32)45-42(47-43)37-25-21-35(22-26-37)33-17-12-9-13-18-33;1-27(40(49)50-26-41(23-45,24-46)25-47)51-34-20-21-35(36(48)22-34)39-43-37(32-16-12-30(13-17-32)28-8-4-2-5-9-28)42-38(44-39)33-18-14-31(15-19-33)29-10-6-3-7-11-29;6-1-5(2-7,3-8)4-9;2*1-3-4-2;;/h8-13,15-28,30-31,48H,3-7,14,29H2,1-2H3;2-22,27,45-48H,23-26H2,1H3;6-9H,1-4H2;2*1,3-4H2,2H3;;. The van der Waals surface area contributed by atoms with Crippen LogP contribution in [0.25, 0.3) is 113 Å². The molecular formula is C98H110N6O16Sn. The van der Waals surface area contributed by atoms with Gasteiger partial charge in [0, 0.05) is 34.4 Å². The van der Waals surface area contributed by atoms with Crippen LogP contribution < -0.4 is 9.47 Å². The van der Waals surface area contributed by atoms with E-state index < -0.39 is 108 Å². The molecule has 12 aromatic rings. The molecule has 9 N–H and O–H groups in total. The van der Waals surface area contributed by atoms with E-state index in [-0.39, 0.29) is 23.1 Å². The molecule has 0 fully saturated rings. The van der Waals surface area contributed by atoms with Crippen LogP contribution in [-0.2, 0) is 22.1 Å². The van der Waals surface area contributed by atoms with Gasteiger partial charge in [0.05, 0.1) is 74.8 Å². The Kier molecular flexibility index (Phi) is 37.7. The summed E-state index contributed by atoms with van der Waals surface area (Å²) in [6.07, 6.45) is 9.54. The van der Waals surface area contributed by atoms with E-state index in [2.05, 4.69) is 45.0 Å². The Labute approximate surface area is 715 Å². The first-order valence-corrected chi connectivity index (χ1v) is 46.3. The summed E-state index contributed by atoms with van der Waals surface area (Å²) in [5.41, 5.74) is 10.1. The fraction of sp³-hybridized carbons (Fsp3) is 0.306. The molecule has 0 saturated heterocycles. The number of rotatable bonds is 38. The second-order valence-electron chi connectivity index (χ2n) is 29.7. The van der Waals surface area contributed by atoms with E-state index in [1.807, 2.05) is 194 Å². The van der Waals surface area contributed by atoms with Gasteiger partial charge in [-0.05, 0) is 89.0 Å². The van der Waals surface area contributed by atoms with Crippen molar-refractivity contribution in [3.63, 3.8) is 0 Å². The van der Waals surface area contributed by atoms with Gasteiger partial charge in [-0.2, -0.15) is 0 Å². The molecule has 0 spiro atoms. The number of nitrogens with zero attached hydrogens (tertiary/aromatic N) is 6. The average molecular weight is 1750 g/mol. The molecule has 2 heterocycles. The average Bonchev–Trinajstić information content (AvgIpc) is 0.790. The molecule has 632 valence electrons. The zero-order valence-electron chi connectivity index (χ0n) is 69.3. The molecular weight excluding hydrogens is 1640 g/mol. The van der Waals surface area contributed by atoms with Crippen LogP contribution in [0.2, 0.25) is 8.87 Å². The maximum atomic E-state index is 12.6. The van der Waals surface area contributed by atoms with Crippen molar-refractivity contribution in [1.29, 1.82) is 0 Å². The molecule has 121 heavy (non-hydrogen) atoms. The van der Waals surface area contributed by atoms with Crippen molar-refractivity contribution in [3.05, 3.63) is 255 Å². The number of phenols is 2. The number of aromatic nitrogens is 6. The fourth-order valence-corrected chi connectivity index (χ4v) is 17.3. The molecule has 22 nitrogen and oxygen atoms in total. The zero-order valence-corrected chi connectivity index (χ0v) is 72.2.